The van der Waals surface area contributed by atoms with Crippen molar-refractivity contribution in [3.05, 3.63) is 29.8 Å². The molecule has 0 aliphatic heterocycles. The van der Waals surface area contributed by atoms with E-state index in [9.17, 15) is 4.79 Å². The molecule has 0 fully saturated rings. The highest BCUT2D eigenvalue weighted by Gasteiger charge is 1.96. The largest absolute Gasteiger partial charge is 0.366 e. The fourth-order valence-corrected chi connectivity index (χ4v) is 0.798. The third kappa shape index (κ3) is 1.38. The van der Waals surface area contributed by atoms with Crippen LogP contribution in [0.2, 0.25) is 0 Å². The van der Waals surface area contributed by atoms with E-state index >= 15 is 0 Å². The van der Waals surface area contributed by atoms with Crippen LogP contribution in [0.1, 0.15) is 10.4 Å². The first-order valence-electron chi connectivity index (χ1n) is 3.06. The van der Waals surface area contributed by atoms with Crippen LogP contribution < -0.4 is 11.2 Å². The van der Waals surface area contributed by atoms with Crippen LogP contribution in [0.15, 0.2) is 24.3 Å². The predicted molar refractivity (Wildman–Crippen MR) is 43.1 cm³/mol. The summed E-state index contributed by atoms with van der Waals surface area (Å²) in [6, 6.07) is 7.21. The number of hydrogen-bond acceptors (Lipinski definition) is 1. The Balaban J connectivity index is 3.07. The van der Waals surface area contributed by atoms with Crippen molar-refractivity contribution < 1.29 is 4.79 Å². The molecule has 0 heterocycles. The molecule has 1 amide bonds. The van der Waals surface area contributed by atoms with E-state index in [-0.39, 0.29) is 5.91 Å². The summed E-state index contributed by atoms with van der Waals surface area (Å²) in [7, 11) is 1.92. The molecule has 1 rings (SSSR count). The standard InChI is InChI=1S/C7H8BNO/c8-6-3-1-2-5(4-6)7(9)10/h1-4H,8H2,(H2,9,10). The van der Waals surface area contributed by atoms with Gasteiger partial charge in [0.2, 0.25) is 5.91 Å². The monoisotopic (exact) mass is 133 g/mol. The van der Waals surface area contributed by atoms with Gasteiger partial charge in [0.05, 0.1) is 0 Å². The quantitative estimate of drug-likeness (QED) is 0.492. The molecule has 1 aromatic carbocycles. The molecule has 0 bridgehead atoms. The molecule has 0 aromatic heterocycles. The Morgan fingerprint density at radius 3 is 2.60 bits per heavy atom. The van der Waals surface area contributed by atoms with Gasteiger partial charge in [-0.2, -0.15) is 0 Å². The Morgan fingerprint density at radius 1 is 1.50 bits per heavy atom. The zero-order chi connectivity index (χ0) is 7.56. The van der Waals surface area contributed by atoms with E-state index in [1.54, 1.807) is 12.1 Å². The van der Waals surface area contributed by atoms with Crippen LogP contribution >= 0.6 is 0 Å². The summed E-state index contributed by atoms with van der Waals surface area (Å²) < 4.78 is 0. The highest BCUT2D eigenvalue weighted by Crippen LogP contribution is 1.92. The fourth-order valence-electron chi connectivity index (χ4n) is 0.798. The first-order valence-corrected chi connectivity index (χ1v) is 3.06. The van der Waals surface area contributed by atoms with E-state index in [1.165, 1.54) is 0 Å². The lowest BCUT2D eigenvalue weighted by Gasteiger charge is -1.94. The maximum absolute atomic E-state index is 10.6. The summed E-state index contributed by atoms with van der Waals surface area (Å²) in [5.41, 5.74) is 6.67. The summed E-state index contributed by atoms with van der Waals surface area (Å²) in [5, 5.41) is 0. The summed E-state index contributed by atoms with van der Waals surface area (Å²) in [4.78, 5) is 10.6. The number of benzene rings is 1. The molecule has 1 aromatic rings. The van der Waals surface area contributed by atoms with Crippen molar-refractivity contribution in [1.29, 1.82) is 0 Å². The van der Waals surface area contributed by atoms with E-state index < -0.39 is 0 Å². The number of nitrogens with two attached hydrogens (primary N) is 1. The third-order valence-corrected chi connectivity index (χ3v) is 1.30. The summed E-state index contributed by atoms with van der Waals surface area (Å²) in [5.74, 6) is -0.372. The number of primary amides is 1. The van der Waals surface area contributed by atoms with Gasteiger partial charge in [0.1, 0.15) is 7.85 Å². The van der Waals surface area contributed by atoms with Gasteiger partial charge < -0.3 is 5.73 Å². The van der Waals surface area contributed by atoms with Gasteiger partial charge in [-0.25, -0.2) is 0 Å². The SMILES string of the molecule is Bc1cccc(C(N)=O)c1. The van der Waals surface area contributed by atoms with Crippen molar-refractivity contribution in [1.82, 2.24) is 0 Å². The van der Waals surface area contributed by atoms with Gasteiger partial charge >= 0.3 is 0 Å². The second-order valence-electron chi connectivity index (χ2n) is 2.23. The zero-order valence-corrected chi connectivity index (χ0v) is 5.79. The van der Waals surface area contributed by atoms with Gasteiger partial charge in [-0.3, -0.25) is 4.79 Å². The molecule has 0 spiro atoms. The first-order chi connectivity index (χ1) is 4.70. The Morgan fingerprint density at radius 2 is 2.20 bits per heavy atom. The van der Waals surface area contributed by atoms with Gasteiger partial charge in [-0.1, -0.05) is 23.7 Å². The predicted octanol–water partition coefficient (Wildman–Crippen LogP) is -0.956. The lowest BCUT2D eigenvalue weighted by atomic mass is 9.94. The fraction of sp³-hybridized carbons (Fsp3) is 0. The van der Waals surface area contributed by atoms with Crippen molar-refractivity contribution in [2.75, 3.05) is 0 Å². The Kier molecular flexibility index (Phi) is 1.76. The number of carbonyl (C=O) groups excluding carboxylic acids is 1. The summed E-state index contributed by atoms with van der Waals surface area (Å²) in [6.45, 7) is 0. The number of hydrogen-bond donors (Lipinski definition) is 1. The number of carbonyl (C=O) groups is 1. The van der Waals surface area contributed by atoms with E-state index in [4.69, 9.17) is 5.73 Å². The minimum Gasteiger partial charge on any atom is -0.366 e. The molecule has 10 heavy (non-hydrogen) atoms. The van der Waals surface area contributed by atoms with Gasteiger partial charge in [0.25, 0.3) is 0 Å². The molecular formula is C7H8BNO. The molecule has 0 saturated carbocycles. The summed E-state index contributed by atoms with van der Waals surface area (Å²) in [6.07, 6.45) is 0. The van der Waals surface area contributed by atoms with Crippen molar-refractivity contribution in [2.45, 2.75) is 0 Å². The molecule has 2 N–H and O–H groups in total. The van der Waals surface area contributed by atoms with E-state index in [1.807, 2.05) is 20.0 Å². The highest BCUT2D eigenvalue weighted by atomic mass is 16.1. The number of amides is 1. The first kappa shape index (κ1) is 6.87. The Hall–Kier alpha value is -1.25. The van der Waals surface area contributed by atoms with Crippen LogP contribution in [0.4, 0.5) is 0 Å². The molecule has 3 heteroatoms. The van der Waals surface area contributed by atoms with Crippen LogP contribution in [0.5, 0.6) is 0 Å². The molecule has 0 unspecified atom stereocenters. The van der Waals surface area contributed by atoms with Crippen molar-refractivity contribution in [3.8, 4) is 0 Å². The van der Waals surface area contributed by atoms with Gasteiger partial charge in [0, 0.05) is 5.56 Å². The average Bonchev–Trinajstić information content (AvgIpc) is 1.88. The molecule has 50 valence electrons. The van der Waals surface area contributed by atoms with E-state index in [0.29, 0.717) is 5.56 Å². The molecule has 0 aliphatic rings. The van der Waals surface area contributed by atoms with Crippen molar-refractivity contribution in [3.63, 3.8) is 0 Å². The van der Waals surface area contributed by atoms with Gasteiger partial charge in [0.15, 0.2) is 0 Å². The maximum Gasteiger partial charge on any atom is 0.248 e. The van der Waals surface area contributed by atoms with Crippen molar-refractivity contribution >= 4 is 19.2 Å². The van der Waals surface area contributed by atoms with E-state index in [2.05, 4.69) is 0 Å². The van der Waals surface area contributed by atoms with Crippen LogP contribution in [-0.4, -0.2) is 13.8 Å². The lowest BCUT2D eigenvalue weighted by Crippen LogP contribution is -2.14. The average molecular weight is 133 g/mol. The lowest BCUT2D eigenvalue weighted by molar-refractivity contribution is 0.100. The molecule has 2 nitrogen and oxygen atoms in total. The number of rotatable bonds is 1. The van der Waals surface area contributed by atoms with Crippen molar-refractivity contribution in [2.24, 2.45) is 5.73 Å². The minimum absolute atomic E-state index is 0.372. The van der Waals surface area contributed by atoms with Gasteiger partial charge in [-0.05, 0) is 6.07 Å². The molecular weight excluding hydrogens is 125 g/mol. The minimum atomic E-state index is -0.372. The molecule has 0 aliphatic carbocycles. The molecule has 0 radical (unpaired) electrons. The maximum atomic E-state index is 10.6. The highest BCUT2D eigenvalue weighted by molar-refractivity contribution is 6.32. The van der Waals surface area contributed by atoms with Crippen LogP contribution in [0.3, 0.4) is 0 Å². The zero-order valence-electron chi connectivity index (χ0n) is 5.79. The van der Waals surface area contributed by atoms with Crippen LogP contribution in [-0.2, 0) is 0 Å². The topological polar surface area (TPSA) is 43.1 Å². The smallest absolute Gasteiger partial charge is 0.248 e. The Bertz CT molecular complexity index is 260. The second-order valence-corrected chi connectivity index (χ2v) is 2.23. The van der Waals surface area contributed by atoms with Crippen LogP contribution in [0, 0.1) is 0 Å². The van der Waals surface area contributed by atoms with Gasteiger partial charge in [-0.15, -0.1) is 0 Å². The second kappa shape index (κ2) is 2.56. The third-order valence-electron chi connectivity index (χ3n) is 1.30. The molecule has 0 atom stereocenters. The Labute approximate surface area is 60.4 Å². The summed E-state index contributed by atoms with van der Waals surface area (Å²) >= 11 is 0. The normalized spacial score (nSPS) is 9.20. The molecule has 0 saturated heterocycles. The van der Waals surface area contributed by atoms with Crippen LogP contribution in [0.25, 0.3) is 0 Å². The van der Waals surface area contributed by atoms with E-state index in [0.717, 1.165) is 5.46 Å².